The van der Waals surface area contributed by atoms with Crippen LogP contribution in [0, 0.1) is 6.92 Å². The average molecular weight is 502 g/mol. The first kappa shape index (κ1) is 25.3. The van der Waals surface area contributed by atoms with Crippen LogP contribution in [0.5, 0.6) is 0 Å². The third-order valence-electron chi connectivity index (χ3n) is 5.66. The normalized spacial score (nSPS) is 10.9. The first-order valence-electron chi connectivity index (χ1n) is 11.5. The summed E-state index contributed by atoms with van der Waals surface area (Å²) in [6.07, 6.45) is 0. The Morgan fingerprint density at radius 3 is 2.47 bits per heavy atom. The summed E-state index contributed by atoms with van der Waals surface area (Å²) in [7, 11) is 1.56. The Bertz CT molecular complexity index is 1430. The van der Waals surface area contributed by atoms with Gasteiger partial charge in [-0.25, -0.2) is 4.98 Å². The first-order chi connectivity index (χ1) is 17.5. The van der Waals surface area contributed by atoms with Gasteiger partial charge in [-0.15, -0.1) is 0 Å². The third kappa shape index (κ3) is 6.08. The van der Waals surface area contributed by atoms with Gasteiger partial charge in [-0.05, 0) is 30.7 Å². The minimum atomic E-state index is -0.270. The first-order valence-corrected chi connectivity index (χ1v) is 12.5. The number of hydrogen-bond acceptors (Lipinski definition) is 6. The molecule has 0 spiro atoms. The Hall–Kier alpha value is -3.75. The molecule has 0 saturated carbocycles. The van der Waals surface area contributed by atoms with Crippen LogP contribution in [0.1, 0.15) is 31.8 Å². The van der Waals surface area contributed by atoms with Crippen LogP contribution in [-0.2, 0) is 11.3 Å². The molecule has 0 aliphatic heterocycles. The van der Waals surface area contributed by atoms with Gasteiger partial charge >= 0.3 is 0 Å². The van der Waals surface area contributed by atoms with Crippen molar-refractivity contribution in [2.75, 3.05) is 26.0 Å². The van der Waals surface area contributed by atoms with Crippen molar-refractivity contribution in [3.63, 3.8) is 0 Å². The number of carbonyl (C=O) groups is 2. The van der Waals surface area contributed by atoms with Gasteiger partial charge in [-0.3, -0.25) is 19.0 Å². The van der Waals surface area contributed by atoms with E-state index in [2.05, 4.69) is 5.32 Å². The van der Waals surface area contributed by atoms with Crippen molar-refractivity contribution < 1.29 is 14.3 Å². The number of Topliss-reactive ketones (excluding diaryl/α,β-unsaturated/α-hetero) is 1. The monoisotopic (exact) mass is 501 g/mol. The maximum absolute atomic E-state index is 13.5. The van der Waals surface area contributed by atoms with E-state index in [0.717, 1.165) is 11.1 Å². The number of ether oxygens (including phenoxy) is 1. The highest BCUT2D eigenvalue weighted by atomic mass is 32.2. The second-order valence-corrected chi connectivity index (χ2v) is 9.27. The average Bonchev–Trinajstić information content (AvgIpc) is 2.90. The van der Waals surface area contributed by atoms with Crippen LogP contribution < -0.4 is 10.9 Å². The van der Waals surface area contributed by atoms with Gasteiger partial charge in [0.25, 0.3) is 11.5 Å². The molecular formula is C28H27N3O4S. The molecular weight excluding hydrogens is 474 g/mol. The topological polar surface area (TPSA) is 90.3 Å². The van der Waals surface area contributed by atoms with Gasteiger partial charge in [-0.2, -0.15) is 0 Å². The van der Waals surface area contributed by atoms with E-state index in [1.807, 2.05) is 49.4 Å². The van der Waals surface area contributed by atoms with Crippen molar-refractivity contribution in [1.29, 1.82) is 0 Å². The van der Waals surface area contributed by atoms with Crippen molar-refractivity contribution in [3.05, 3.63) is 105 Å². The summed E-state index contributed by atoms with van der Waals surface area (Å²) in [5.74, 6) is -0.191. The molecule has 0 unspecified atom stereocenters. The van der Waals surface area contributed by atoms with Crippen LogP contribution >= 0.6 is 11.8 Å². The van der Waals surface area contributed by atoms with Crippen LogP contribution in [0.15, 0.2) is 82.7 Å². The number of aromatic nitrogens is 2. The number of amides is 1. The van der Waals surface area contributed by atoms with E-state index >= 15 is 0 Å². The lowest BCUT2D eigenvalue weighted by atomic mass is 10.1. The molecule has 4 aromatic rings. The Balaban J connectivity index is 1.70. The molecule has 184 valence electrons. The summed E-state index contributed by atoms with van der Waals surface area (Å²) < 4.78 is 6.57. The summed E-state index contributed by atoms with van der Waals surface area (Å²) in [6, 6.07) is 21.8. The predicted octanol–water partition coefficient (Wildman–Crippen LogP) is 4.10. The van der Waals surface area contributed by atoms with Crippen LogP contribution in [-0.4, -0.2) is 47.3 Å². The zero-order valence-corrected chi connectivity index (χ0v) is 21.0. The Kier molecular flexibility index (Phi) is 8.30. The molecule has 0 saturated heterocycles. The van der Waals surface area contributed by atoms with Gasteiger partial charge in [-0.1, -0.05) is 71.9 Å². The molecule has 1 N–H and O–H groups in total. The number of fused-ring (bicyclic) bond motifs is 1. The van der Waals surface area contributed by atoms with Gasteiger partial charge in [0, 0.05) is 24.8 Å². The second-order valence-electron chi connectivity index (χ2n) is 8.33. The number of hydrogen-bond donors (Lipinski definition) is 1. The summed E-state index contributed by atoms with van der Waals surface area (Å²) in [5, 5.41) is 3.61. The standard InChI is InChI=1S/C28H27N3O4S/c1-19-8-10-20(11-9-19)17-31-27(34)23-13-12-22(26(33)29-14-15-35-2)16-24(23)30-28(31)36-18-25(32)21-6-4-3-5-7-21/h3-13,16H,14-15,17-18H2,1-2H3,(H,29,33). The van der Waals surface area contributed by atoms with Crippen LogP contribution in [0.3, 0.4) is 0 Å². The molecule has 4 rings (SSSR count). The smallest absolute Gasteiger partial charge is 0.262 e. The van der Waals surface area contributed by atoms with Crippen molar-refractivity contribution >= 4 is 34.4 Å². The number of ketones is 1. The number of benzene rings is 3. The van der Waals surface area contributed by atoms with Crippen LogP contribution in [0.2, 0.25) is 0 Å². The lowest BCUT2D eigenvalue weighted by Crippen LogP contribution is -2.27. The number of nitrogens with zero attached hydrogens (tertiary/aromatic N) is 2. The van der Waals surface area contributed by atoms with Gasteiger partial charge in [0.1, 0.15) is 0 Å². The fourth-order valence-electron chi connectivity index (χ4n) is 3.67. The maximum Gasteiger partial charge on any atom is 0.262 e. The van der Waals surface area contributed by atoms with E-state index in [9.17, 15) is 14.4 Å². The van der Waals surface area contributed by atoms with Gasteiger partial charge in [0.15, 0.2) is 10.9 Å². The molecule has 0 bridgehead atoms. The summed E-state index contributed by atoms with van der Waals surface area (Å²) in [6.45, 7) is 3.11. The molecule has 3 aromatic carbocycles. The Morgan fingerprint density at radius 1 is 1.00 bits per heavy atom. The van der Waals surface area contributed by atoms with Crippen molar-refractivity contribution in [2.45, 2.75) is 18.6 Å². The molecule has 36 heavy (non-hydrogen) atoms. The van der Waals surface area contributed by atoms with E-state index in [4.69, 9.17) is 9.72 Å². The molecule has 1 amide bonds. The number of methoxy groups -OCH3 is 1. The molecule has 7 nitrogen and oxygen atoms in total. The van der Waals surface area contributed by atoms with E-state index in [0.29, 0.717) is 46.9 Å². The molecule has 0 atom stereocenters. The van der Waals surface area contributed by atoms with E-state index in [1.165, 1.54) is 11.8 Å². The largest absolute Gasteiger partial charge is 0.383 e. The highest BCUT2D eigenvalue weighted by Crippen LogP contribution is 2.21. The molecule has 1 heterocycles. The molecule has 0 radical (unpaired) electrons. The number of thioether (sulfide) groups is 1. The number of nitrogens with one attached hydrogen (secondary N) is 1. The molecule has 1 aromatic heterocycles. The van der Waals surface area contributed by atoms with Crippen molar-refractivity contribution in [2.24, 2.45) is 0 Å². The minimum Gasteiger partial charge on any atom is -0.383 e. The lowest BCUT2D eigenvalue weighted by Gasteiger charge is -2.14. The highest BCUT2D eigenvalue weighted by molar-refractivity contribution is 7.99. The number of aryl methyl sites for hydroxylation is 1. The van der Waals surface area contributed by atoms with Gasteiger partial charge in [0.05, 0.1) is 29.8 Å². The van der Waals surface area contributed by atoms with E-state index in [-0.39, 0.29) is 23.0 Å². The van der Waals surface area contributed by atoms with E-state index < -0.39 is 0 Å². The predicted molar refractivity (Wildman–Crippen MR) is 142 cm³/mol. The van der Waals surface area contributed by atoms with Crippen LogP contribution in [0.25, 0.3) is 10.9 Å². The Labute approximate surface area is 213 Å². The Morgan fingerprint density at radius 2 is 1.75 bits per heavy atom. The van der Waals surface area contributed by atoms with E-state index in [1.54, 1.807) is 42.0 Å². The van der Waals surface area contributed by atoms with Crippen molar-refractivity contribution in [3.8, 4) is 0 Å². The SMILES string of the molecule is COCCNC(=O)c1ccc2c(=O)n(Cc3ccc(C)cc3)c(SCC(=O)c3ccccc3)nc2c1. The van der Waals surface area contributed by atoms with Crippen molar-refractivity contribution in [1.82, 2.24) is 14.9 Å². The second kappa shape index (κ2) is 11.8. The fraction of sp³-hybridized carbons (Fsp3) is 0.214. The summed E-state index contributed by atoms with van der Waals surface area (Å²) in [5.41, 5.74) is 3.28. The van der Waals surface area contributed by atoms with Gasteiger partial charge < -0.3 is 10.1 Å². The van der Waals surface area contributed by atoms with Crippen LogP contribution in [0.4, 0.5) is 0 Å². The number of carbonyl (C=O) groups excluding carboxylic acids is 2. The minimum absolute atomic E-state index is 0.0527. The summed E-state index contributed by atoms with van der Waals surface area (Å²) in [4.78, 5) is 43.5. The maximum atomic E-state index is 13.5. The fourth-order valence-corrected chi connectivity index (χ4v) is 4.57. The zero-order chi connectivity index (χ0) is 25.5. The zero-order valence-electron chi connectivity index (χ0n) is 20.2. The molecule has 8 heteroatoms. The highest BCUT2D eigenvalue weighted by Gasteiger charge is 2.16. The third-order valence-corrected chi connectivity index (χ3v) is 6.64. The number of rotatable bonds is 10. The quantitative estimate of drug-likeness (QED) is 0.152. The van der Waals surface area contributed by atoms with Gasteiger partial charge in [0.2, 0.25) is 0 Å². The molecule has 0 aliphatic rings. The lowest BCUT2D eigenvalue weighted by molar-refractivity contribution is 0.0936. The summed E-state index contributed by atoms with van der Waals surface area (Å²) >= 11 is 1.22. The molecule has 0 aliphatic carbocycles. The molecule has 0 fully saturated rings.